The number of aryl methyl sites for hydroxylation is 1. The van der Waals surface area contributed by atoms with Gasteiger partial charge in [-0.25, -0.2) is 4.98 Å². The molecule has 2 rings (SSSR count). The fourth-order valence-corrected chi connectivity index (χ4v) is 2.54. The lowest BCUT2D eigenvalue weighted by Crippen LogP contribution is -2.19. The molecule has 0 N–H and O–H groups in total. The van der Waals surface area contributed by atoms with Crippen molar-refractivity contribution in [2.45, 2.75) is 19.1 Å². The predicted molar refractivity (Wildman–Crippen MR) is 78.7 cm³/mol. The van der Waals surface area contributed by atoms with Gasteiger partial charge in [0.1, 0.15) is 12.4 Å². The topological polar surface area (TPSA) is 27.1 Å². The zero-order chi connectivity index (χ0) is 15.5. The van der Waals surface area contributed by atoms with E-state index in [2.05, 4.69) is 25.7 Å². The molecule has 116 valence electrons. The second kappa shape index (κ2) is 6.98. The van der Waals surface area contributed by atoms with Crippen molar-refractivity contribution >= 4 is 38.6 Å². The molecule has 2 aromatic rings. The van der Waals surface area contributed by atoms with E-state index in [0.29, 0.717) is 18.8 Å². The molecular formula is C13H13BrClF3N2O. The van der Waals surface area contributed by atoms with E-state index in [1.807, 2.05) is 22.8 Å². The Morgan fingerprint density at radius 1 is 1.33 bits per heavy atom. The van der Waals surface area contributed by atoms with E-state index in [4.69, 9.17) is 11.6 Å². The highest BCUT2D eigenvalue weighted by molar-refractivity contribution is 9.10. The van der Waals surface area contributed by atoms with Crippen molar-refractivity contribution in [3.8, 4) is 0 Å². The summed E-state index contributed by atoms with van der Waals surface area (Å²) in [5.74, 6) is 1.14. The second-order valence-corrected chi connectivity index (χ2v) is 5.71. The first-order valence-corrected chi connectivity index (χ1v) is 7.58. The van der Waals surface area contributed by atoms with Crippen LogP contribution in [0.3, 0.4) is 0 Å². The van der Waals surface area contributed by atoms with Crippen molar-refractivity contribution in [3.05, 3.63) is 28.5 Å². The smallest absolute Gasteiger partial charge is 0.370 e. The fourth-order valence-electron chi connectivity index (χ4n) is 2.02. The highest BCUT2D eigenvalue weighted by atomic mass is 79.9. The highest BCUT2D eigenvalue weighted by Gasteiger charge is 2.27. The number of aromatic nitrogens is 2. The van der Waals surface area contributed by atoms with Crippen LogP contribution in [0, 0.1) is 0 Å². The lowest BCUT2D eigenvalue weighted by Gasteiger charge is -2.10. The van der Waals surface area contributed by atoms with E-state index >= 15 is 0 Å². The molecule has 0 spiro atoms. The molecular weight excluding hydrogens is 373 g/mol. The standard InChI is InChI=1S/C13H13BrClF3N2O/c14-9-1-2-11-10(7-9)19-12(3-4-15)20(11)5-6-21-8-13(16,17)18/h1-2,7H,3-6,8H2. The Hall–Kier alpha value is -0.790. The van der Waals surface area contributed by atoms with Crippen LogP contribution in [0.2, 0.25) is 0 Å². The van der Waals surface area contributed by atoms with Crippen LogP contribution in [0.15, 0.2) is 22.7 Å². The number of hydrogen-bond acceptors (Lipinski definition) is 2. The van der Waals surface area contributed by atoms with Crippen molar-refractivity contribution in [1.29, 1.82) is 0 Å². The van der Waals surface area contributed by atoms with Crippen molar-refractivity contribution in [2.75, 3.05) is 19.1 Å². The molecule has 8 heteroatoms. The summed E-state index contributed by atoms with van der Waals surface area (Å²) in [6.07, 6.45) is -3.76. The van der Waals surface area contributed by atoms with Crippen LogP contribution in [0.4, 0.5) is 13.2 Å². The third kappa shape index (κ3) is 4.59. The van der Waals surface area contributed by atoms with E-state index in [0.717, 1.165) is 21.3 Å². The number of benzene rings is 1. The number of rotatable bonds is 6. The average molecular weight is 386 g/mol. The quantitative estimate of drug-likeness (QED) is 0.551. The zero-order valence-corrected chi connectivity index (χ0v) is 13.3. The van der Waals surface area contributed by atoms with Crippen LogP contribution in [-0.2, 0) is 17.7 Å². The molecule has 0 saturated carbocycles. The van der Waals surface area contributed by atoms with Crippen LogP contribution in [0.5, 0.6) is 0 Å². The summed E-state index contributed by atoms with van der Waals surface area (Å²) in [7, 11) is 0. The number of hydrogen-bond donors (Lipinski definition) is 0. The first kappa shape index (κ1) is 16.6. The second-order valence-electron chi connectivity index (χ2n) is 4.42. The molecule has 0 amide bonds. The summed E-state index contributed by atoms with van der Waals surface area (Å²) in [4.78, 5) is 4.46. The van der Waals surface area contributed by atoms with Gasteiger partial charge in [-0.3, -0.25) is 0 Å². The van der Waals surface area contributed by atoms with Crippen LogP contribution >= 0.6 is 27.5 Å². The van der Waals surface area contributed by atoms with Crippen molar-refractivity contribution in [1.82, 2.24) is 9.55 Å². The number of ether oxygens (including phenoxy) is 1. The Morgan fingerprint density at radius 3 is 2.76 bits per heavy atom. The van der Waals surface area contributed by atoms with Crippen molar-refractivity contribution < 1.29 is 17.9 Å². The molecule has 0 aliphatic heterocycles. The molecule has 0 fully saturated rings. The van der Waals surface area contributed by atoms with Crippen LogP contribution in [0.25, 0.3) is 11.0 Å². The monoisotopic (exact) mass is 384 g/mol. The van der Waals surface area contributed by atoms with Gasteiger partial charge >= 0.3 is 6.18 Å². The number of imidazole rings is 1. The van der Waals surface area contributed by atoms with Crippen molar-refractivity contribution in [2.24, 2.45) is 0 Å². The fraction of sp³-hybridized carbons (Fsp3) is 0.462. The van der Waals surface area contributed by atoms with E-state index in [-0.39, 0.29) is 6.61 Å². The van der Waals surface area contributed by atoms with Gasteiger partial charge in [-0.15, -0.1) is 11.6 Å². The minimum Gasteiger partial charge on any atom is -0.370 e. The lowest BCUT2D eigenvalue weighted by atomic mass is 10.3. The maximum atomic E-state index is 12.1. The van der Waals surface area contributed by atoms with E-state index in [1.54, 1.807) is 0 Å². The zero-order valence-electron chi connectivity index (χ0n) is 11.0. The van der Waals surface area contributed by atoms with Gasteiger partial charge in [0.25, 0.3) is 0 Å². The molecule has 1 aromatic heterocycles. The highest BCUT2D eigenvalue weighted by Crippen LogP contribution is 2.22. The molecule has 21 heavy (non-hydrogen) atoms. The SMILES string of the molecule is FC(F)(F)COCCn1c(CCCl)nc2cc(Br)ccc21. The van der Waals surface area contributed by atoms with E-state index in [1.165, 1.54) is 0 Å². The third-order valence-corrected chi connectivity index (χ3v) is 3.51. The molecule has 0 saturated heterocycles. The minimum absolute atomic E-state index is 0.0314. The molecule has 0 radical (unpaired) electrons. The van der Waals surface area contributed by atoms with Gasteiger partial charge in [-0.2, -0.15) is 13.2 Å². The largest absolute Gasteiger partial charge is 0.411 e. The number of alkyl halides is 4. The molecule has 0 bridgehead atoms. The molecule has 0 aliphatic rings. The van der Waals surface area contributed by atoms with E-state index in [9.17, 15) is 13.2 Å². The van der Waals surface area contributed by atoms with Gasteiger partial charge in [0.2, 0.25) is 0 Å². The Balaban J connectivity index is 2.14. The molecule has 0 unspecified atom stereocenters. The van der Waals surface area contributed by atoms with Gasteiger partial charge in [-0.05, 0) is 18.2 Å². The Bertz CT molecular complexity index is 615. The summed E-state index contributed by atoms with van der Waals surface area (Å²) in [6, 6.07) is 5.59. The minimum atomic E-state index is -4.30. The maximum Gasteiger partial charge on any atom is 0.411 e. The van der Waals surface area contributed by atoms with Crippen LogP contribution in [-0.4, -0.2) is 34.8 Å². The summed E-state index contributed by atoms with van der Waals surface area (Å²) in [5, 5.41) is 0. The first-order chi connectivity index (χ1) is 9.90. The average Bonchev–Trinajstić information content (AvgIpc) is 2.71. The summed E-state index contributed by atoms with van der Waals surface area (Å²) in [6.45, 7) is -0.966. The van der Waals surface area contributed by atoms with Crippen LogP contribution in [0.1, 0.15) is 5.82 Å². The molecule has 0 atom stereocenters. The van der Waals surface area contributed by atoms with Crippen LogP contribution < -0.4 is 0 Å². The van der Waals surface area contributed by atoms with E-state index < -0.39 is 12.8 Å². The Kier molecular flexibility index (Phi) is 5.51. The Labute approximate surface area is 133 Å². The molecule has 1 heterocycles. The van der Waals surface area contributed by atoms with Crippen molar-refractivity contribution in [3.63, 3.8) is 0 Å². The lowest BCUT2D eigenvalue weighted by molar-refractivity contribution is -0.174. The number of fused-ring (bicyclic) bond motifs is 1. The summed E-state index contributed by atoms with van der Waals surface area (Å²) >= 11 is 9.11. The number of halogens is 5. The number of nitrogens with zero attached hydrogens (tertiary/aromatic N) is 2. The Morgan fingerprint density at radius 2 is 2.10 bits per heavy atom. The summed E-state index contributed by atoms with van der Waals surface area (Å²) < 4.78 is 43.6. The van der Waals surface area contributed by atoms with Gasteiger partial charge in [0.05, 0.1) is 17.6 Å². The normalized spacial score (nSPS) is 12.2. The predicted octanol–water partition coefficient (Wildman–Crippen LogP) is 4.16. The van der Waals surface area contributed by atoms with Gasteiger partial charge in [-0.1, -0.05) is 15.9 Å². The van der Waals surface area contributed by atoms with Gasteiger partial charge < -0.3 is 9.30 Å². The first-order valence-electron chi connectivity index (χ1n) is 6.26. The van der Waals surface area contributed by atoms with Gasteiger partial charge in [0, 0.05) is 23.3 Å². The molecule has 1 aromatic carbocycles. The maximum absolute atomic E-state index is 12.1. The third-order valence-electron chi connectivity index (χ3n) is 2.83. The molecule has 3 nitrogen and oxygen atoms in total. The van der Waals surface area contributed by atoms with Gasteiger partial charge in [0.15, 0.2) is 0 Å². The summed E-state index contributed by atoms with van der Waals surface area (Å²) in [5.41, 5.74) is 1.63. The molecule has 0 aliphatic carbocycles.